The van der Waals surface area contributed by atoms with E-state index in [1.165, 1.54) is 36.4 Å². The molecule has 1 atom stereocenters. The summed E-state index contributed by atoms with van der Waals surface area (Å²) in [7, 11) is 0. The van der Waals surface area contributed by atoms with E-state index in [-0.39, 0.29) is 28.9 Å². The summed E-state index contributed by atoms with van der Waals surface area (Å²) in [6.07, 6.45) is -0.869. The van der Waals surface area contributed by atoms with Crippen LogP contribution in [0.1, 0.15) is 35.0 Å². The first-order valence-electron chi connectivity index (χ1n) is 8.42. The molecule has 0 radical (unpaired) electrons. The third-order valence-corrected chi connectivity index (χ3v) is 4.26. The summed E-state index contributed by atoms with van der Waals surface area (Å²) in [5.41, 5.74) is 1.00. The predicted octanol–water partition coefficient (Wildman–Crippen LogP) is 4.99. The van der Waals surface area contributed by atoms with Crippen molar-refractivity contribution in [2.45, 2.75) is 20.0 Å². The first kappa shape index (κ1) is 17.8. The summed E-state index contributed by atoms with van der Waals surface area (Å²) in [5.74, 6) is -1.59. The number of fused-ring (bicyclic) bond motifs is 1. The molecule has 0 aliphatic heterocycles. The van der Waals surface area contributed by atoms with Gasteiger partial charge in [-0.15, -0.1) is 10.2 Å². The van der Waals surface area contributed by atoms with Gasteiger partial charge in [-0.3, -0.25) is 0 Å². The smallest absolute Gasteiger partial charge is 0.375 e. The minimum absolute atomic E-state index is 0.00371. The number of furan rings is 1. The first-order chi connectivity index (χ1) is 13.4. The average Bonchev–Trinajstić information content (AvgIpc) is 3.29. The Morgan fingerprint density at radius 2 is 1.82 bits per heavy atom. The van der Waals surface area contributed by atoms with Gasteiger partial charge in [0, 0.05) is 16.5 Å². The van der Waals surface area contributed by atoms with E-state index >= 15 is 0 Å². The Hall–Kier alpha value is -3.55. The lowest BCUT2D eigenvalue weighted by Crippen LogP contribution is -2.09. The highest BCUT2D eigenvalue weighted by atomic mass is 19.1. The number of aromatic nitrogens is 2. The van der Waals surface area contributed by atoms with Crippen LogP contribution in [0.4, 0.5) is 8.78 Å². The molecule has 0 aliphatic carbocycles. The Balaban J connectivity index is 1.55. The number of hydrogen-bond donors (Lipinski definition) is 0. The fourth-order valence-electron chi connectivity index (χ4n) is 2.78. The lowest BCUT2D eigenvalue weighted by molar-refractivity contribution is 0.0245. The topological polar surface area (TPSA) is 78.4 Å². The SMILES string of the molecule is Cc1c(C(=O)O[C@@H](C)c2nnc(-c3ccc(F)cc3)o2)oc2c(F)cccc12. The molecule has 0 bridgehead atoms. The molecular formula is C20H14F2N2O4. The molecule has 0 saturated heterocycles. The predicted molar refractivity (Wildman–Crippen MR) is 94.4 cm³/mol. The van der Waals surface area contributed by atoms with Crippen molar-refractivity contribution >= 4 is 16.9 Å². The number of carbonyl (C=O) groups excluding carboxylic acids is 1. The van der Waals surface area contributed by atoms with Gasteiger partial charge in [-0.25, -0.2) is 13.6 Å². The number of rotatable bonds is 4. The molecule has 2 heterocycles. The molecule has 0 amide bonds. The molecule has 0 unspecified atom stereocenters. The van der Waals surface area contributed by atoms with Gasteiger partial charge in [0.25, 0.3) is 5.89 Å². The zero-order chi connectivity index (χ0) is 19.8. The third-order valence-electron chi connectivity index (χ3n) is 4.26. The lowest BCUT2D eigenvalue weighted by Gasteiger charge is -2.08. The van der Waals surface area contributed by atoms with Crippen molar-refractivity contribution in [3.05, 3.63) is 71.3 Å². The Morgan fingerprint density at radius 1 is 1.07 bits per heavy atom. The lowest BCUT2D eigenvalue weighted by atomic mass is 10.1. The second-order valence-corrected chi connectivity index (χ2v) is 6.17. The van der Waals surface area contributed by atoms with E-state index in [0.717, 1.165) is 0 Å². The molecule has 2 aromatic carbocycles. The first-order valence-corrected chi connectivity index (χ1v) is 8.42. The number of halogens is 2. The molecule has 0 N–H and O–H groups in total. The summed E-state index contributed by atoms with van der Waals surface area (Å²) in [6.45, 7) is 3.20. The van der Waals surface area contributed by atoms with E-state index in [4.69, 9.17) is 13.6 Å². The van der Waals surface area contributed by atoms with E-state index < -0.39 is 17.9 Å². The van der Waals surface area contributed by atoms with Gasteiger partial charge in [-0.05, 0) is 44.2 Å². The molecule has 142 valence electrons. The van der Waals surface area contributed by atoms with E-state index in [0.29, 0.717) is 16.5 Å². The summed E-state index contributed by atoms with van der Waals surface area (Å²) in [5, 5.41) is 8.24. The van der Waals surface area contributed by atoms with E-state index in [9.17, 15) is 13.6 Å². The van der Waals surface area contributed by atoms with Gasteiger partial charge in [0.1, 0.15) is 5.82 Å². The second-order valence-electron chi connectivity index (χ2n) is 6.17. The molecule has 4 rings (SSSR count). The van der Waals surface area contributed by atoms with E-state index in [1.54, 1.807) is 19.9 Å². The van der Waals surface area contributed by atoms with Crippen LogP contribution < -0.4 is 0 Å². The molecule has 0 fully saturated rings. The van der Waals surface area contributed by atoms with Crippen LogP contribution in [-0.4, -0.2) is 16.2 Å². The van der Waals surface area contributed by atoms with Gasteiger partial charge in [0.05, 0.1) is 0 Å². The maximum absolute atomic E-state index is 13.9. The number of benzene rings is 2. The van der Waals surface area contributed by atoms with Crippen LogP contribution in [-0.2, 0) is 4.74 Å². The quantitative estimate of drug-likeness (QED) is 0.462. The van der Waals surface area contributed by atoms with Gasteiger partial charge in [0.15, 0.2) is 17.5 Å². The fourth-order valence-corrected chi connectivity index (χ4v) is 2.78. The zero-order valence-corrected chi connectivity index (χ0v) is 14.9. The van der Waals surface area contributed by atoms with Crippen molar-refractivity contribution in [3.8, 4) is 11.5 Å². The van der Waals surface area contributed by atoms with Crippen molar-refractivity contribution in [1.29, 1.82) is 0 Å². The maximum Gasteiger partial charge on any atom is 0.375 e. The van der Waals surface area contributed by atoms with Gasteiger partial charge in [-0.1, -0.05) is 12.1 Å². The molecule has 0 saturated carbocycles. The number of para-hydroxylation sites is 1. The van der Waals surface area contributed by atoms with E-state index in [2.05, 4.69) is 10.2 Å². The molecular weight excluding hydrogens is 370 g/mol. The summed E-state index contributed by atoms with van der Waals surface area (Å²) in [4.78, 5) is 12.5. The van der Waals surface area contributed by atoms with Crippen LogP contribution in [0.25, 0.3) is 22.4 Å². The number of ether oxygens (including phenoxy) is 1. The zero-order valence-electron chi connectivity index (χ0n) is 14.9. The van der Waals surface area contributed by atoms with Crippen molar-refractivity contribution in [2.75, 3.05) is 0 Å². The standard InChI is InChI=1S/C20H14F2N2O4/c1-10-14-4-3-5-15(22)17(14)27-16(10)20(25)26-11(2)18-23-24-19(28-18)12-6-8-13(21)9-7-12/h3-9,11H,1-2H3/t11-/m0/s1. The number of carbonyl (C=O) groups is 1. The normalized spacial score (nSPS) is 12.3. The highest BCUT2D eigenvalue weighted by Gasteiger charge is 2.25. The highest BCUT2D eigenvalue weighted by molar-refractivity contribution is 5.96. The summed E-state index contributed by atoms with van der Waals surface area (Å²) >= 11 is 0. The molecule has 4 aromatic rings. The van der Waals surface area contributed by atoms with Crippen molar-refractivity contribution in [3.63, 3.8) is 0 Å². The Bertz CT molecular complexity index is 1160. The second kappa shape index (κ2) is 6.88. The Labute approximate surface area is 157 Å². The van der Waals surface area contributed by atoms with Crippen molar-refractivity contribution in [2.24, 2.45) is 0 Å². The summed E-state index contributed by atoms with van der Waals surface area (Å²) in [6, 6.07) is 9.97. The van der Waals surface area contributed by atoms with Gasteiger partial charge in [-0.2, -0.15) is 0 Å². The highest BCUT2D eigenvalue weighted by Crippen LogP contribution is 2.29. The number of nitrogens with zero attached hydrogens (tertiary/aromatic N) is 2. The monoisotopic (exact) mass is 384 g/mol. The van der Waals surface area contributed by atoms with Crippen LogP contribution in [0.15, 0.2) is 51.3 Å². The van der Waals surface area contributed by atoms with Crippen LogP contribution in [0.5, 0.6) is 0 Å². The largest absolute Gasteiger partial charge is 0.447 e. The average molecular weight is 384 g/mol. The molecule has 6 nitrogen and oxygen atoms in total. The molecule has 2 aromatic heterocycles. The summed E-state index contributed by atoms with van der Waals surface area (Å²) < 4.78 is 43.1. The molecule has 0 aliphatic rings. The van der Waals surface area contributed by atoms with Crippen LogP contribution >= 0.6 is 0 Å². The Morgan fingerprint density at radius 3 is 2.54 bits per heavy atom. The Kier molecular flexibility index (Phi) is 4.38. The van der Waals surface area contributed by atoms with Crippen molar-refractivity contribution in [1.82, 2.24) is 10.2 Å². The number of esters is 1. The minimum Gasteiger partial charge on any atom is -0.447 e. The van der Waals surface area contributed by atoms with Gasteiger partial charge >= 0.3 is 5.97 Å². The van der Waals surface area contributed by atoms with Crippen molar-refractivity contribution < 1.29 is 27.1 Å². The third kappa shape index (κ3) is 3.13. The van der Waals surface area contributed by atoms with Crippen LogP contribution in [0, 0.1) is 18.6 Å². The van der Waals surface area contributed by atoms with Crippen LogP contribution in [0.3, 0.4) is 0 Å². The molecule has 0 spiro atoms. The van der Waals surface area contributed by atoms with Crippen LogP contribution in [0.2, 0.25) is 0 Å². The van der Waals surface area contributed by atoms with Gasteiger partial charge < -0.3 is 13.6 Å². The maximum atomic E-state index is 13.9. The minimum atomic E-state index is -0.869. The molecule has 8 heteroatoms. The fraction of sp³-hybridized carbons (Fsp3) is 0.150. The van der Waals surface area contributed by atoms with E-state index in [1.807, 2.05) is 0 Å². The van der Waals surface area contributed by atoms with Gasteiger partial charge in [0.2, 0.25) is 11.7 Å². The number of aryl methyl sites for hydroxylation is 1. The number of hydrogen-bond acceptors (Lipinski definition) is 6. The molecule has 28 heavy (non-hydrogen) atoms.